The van der Waals surface area contributed by atoms with Gasteiger partial charge >= 0.3 is 28.8 Å². The Morgan fingerprint density at radius 2 is 1.02 bits per heavy atom. The summed E-state index contributed by atoms with van der Waals surface area (Å²) >= 11 is 0. The Kier molecular flexibility index (Phi) is 7.32. The Morgan fingerprint density at radius 3 is 1.31 bits per heavy atom. The molecule has 0 N–H and O–H groups in total. The van der Waals surface area contributed by atoms with Gasteiger partial charge in [0, 0.05) is 10.4 Å². The normalized spacial score (nSPS) is 14.6. The molecule has 2 aromatic rings. The summed E-state index contributed by atoms with van der Waals surface area (Å²) in [6.45, 7) is 0. The van der Waals surface area contributed by atoms with Crippen molar-refractivity contribution in [2.75, 3.05) is 0 Å². The minimum atomic E-state index is -11.5. The van der Waals surface area contributed by atoms with Crippen LogP contribution in [-0.4, -0.2) is 0 Å². The van der Waals surface area contributed by atoms with Gasteiger partial charge in [-0.05, 0) is 23.8 Å². The number of rotatable bonds is 2. The van der Waals surface area contributed by atoms with Gasteiger partial charge in [-0.3, -0.25) is 0 Å². The van der Waals surface area contributed by atoms with E-state index < -0.39 is 107 Å². The Labute approximate surface area is 223 Å². The average Bonchev–Trinajstić information content (AvgIpc) is 2.81. The molecule has 2 rings (SSSR count). The summed E-state index contributed by atoms with van der Waals surface area (Å²) in [6.07, 6.45) is -18.0. The maximum atomic E-state index is 14.2. The molecule has 0 bridgehead atoms. The Hall–Kier alpha value is -5.00. The zero-order valence-electron chi connectivity index (χ0n) is 19.2. The molecule has 0 aliphatic carbocycles. The van der Waals surface area contributed by atoms with E-state index in [9.17, 15) is 69.5 Å². The molecule has 0 radical (unpaired) electrons. The van der Waals surface area contributed by atoms with E-state index in [1.54, 1.807) is 0 Å². The zero-order valence-corrected chi connectivity index (χ0v) is 20.0. The number of hydrogen-bond acceptors (Lipinski definition) is 5. The Morgan fingerprint density at radius 1 is 0.595 bits per heavy atom. The summed E-state index contributed by atoms with van der Waals surface area (Å²) in [7, 11) is -11.5. The fraction of sp³-hybridized carbons (Fsp3) is 0.136. The van der Waals surface area contributed by atoms with Gasteiger partial charge in [0.1, 0.15) is 40.8 Å². The molecule has 42 heavy (non-hydrogen) atoms. The second kappa shape index (κ2) is 9.26. The van der Waals surface area contributed by atoms with Crippen molar-refractivity contribution in [1.82, 2.24) is 0 Å². The zero-order chi connectivity index (χ0) is 32.9. The third-order valence-corrected chi connectivity index (χ3v) is 6.26. The molecule has 0 fully saturated rings. The highest BCUT2D eigenvalue weighted by Gasteiger charge is 2.67. The molecular weight excluding hydrogens is 632 g/mol. The molecule has 0 saturated carbocycles. The van der Waals surface area contributed by atoms with Crippen molar-refractivity contribution in [2.45, 2.75) is 23.4 Å². The Bertz CT molecular complexity index is 1810. The molecular formula is C22H3F14N5S. The number of halogens is 14. The summed E-state index contributed by atoms with van der Waals surface area (Å²) in [6, 6.07) is 0.534. The van der Waals surface area contributed by atoms with Gasteiger partial charge < -0.3 is 0 Å². The minimum Gasteiger partial charge on any atom is -0.192 e. The van der Waals surface area contributed by atoms with E-state index in [4.69, 9.17) is 15.8 Å². The van der Waals surface area contributed by atoms with E-state index in [1.165, 1.54) is 0 Å². The number of benzene rings is 2. The number of nitriles is 5. The first-order chi connectivity index (χ1) is 18.7. The van der Waals surface area contributed by atoms with Crippen LogP contribution in [0.15, 0.2) is 23.1 Å². The quantitative estimate of drug-likeness (QED) is 0.328. The molecule has 20 heteroatoms. The molecule has 0 aliphatic heterocycles. The van der Waals surface area contributed by atoms with Gasteiger partial charge in [-0.15, -0.1) is 0 Å². The summed E-state index contributed by atoms with van der Waals surface area (Å²) in [5, 5.41) is 40.5. The smallest absolute Gasteiger partial charge is 0.192 e. The second-order valence-corrected chi connectivity index (χ2v) is 10.1. The van der Waals surface area contributed by atoms with Crippen LogP contribution >= 0.6 is 10.2 Å². The molecule has 0 aromatic heterocycles. The molecule has 2 aromatic carbocycles. The molecule has 0 spiro atoms. The van der Waals surface area contributed by atoms with Crippen LogP contribution in [0, 0.1) is 56.7 Å². The van der Waals surface area contributed by atoms with Gasteiger partial charge in [0.2, 0.25) is 0 Å². The third kappa shape index (κ3) is 6.17. The topological polar surface area (TPSA) is 119 Å². The summed E-state index contributed by atoms with van der Waals surface area (Å²) in [5.41, 5.74) is -18.9. The van der Waals surface area contributed by atoms with Crippen molar-refractivity contribution in [3.05, 3.63) is 62.0 Å². The van der Waals surface area contributed by atoms with Crippen LogP contribution in [0.2, 0.25) is 0 Å². The highest BCUT2D eigenvalue weighted by molar-refractivity contribution is 8.45. The van der Waals surface area contributed by atoms with E-state index in [-0.39, 0.29) is 0 Å². The van der Waals surface area contributed by atoms with Gasteiger partial charge in [0.25, 0.3) is 0 Å². The highest BCUT2D eigenvalue weighted by Crippen LogP contribution is 3.01. The predicted octanol–water partition coefficient (Wildman–Crippen LogP) is 7.06. The largest absolute Gasteiger partial charge is 0.418 e. The monoisotopic (exact) mass is 635 g/mol. The third-order valence-electron chi connectivity index (χ3n) is 5.11. The molecule has 0 unspecified atom stereocenters. The highest BCUT2D eigenvalue weighted by atomic mass is 32.5. The van der Waals surface area contributed by atoms with Crippen LogP contribution in [0.25, 0.3) is 11.1 Å². The average molecular weight is 635 g/mol. The van der Waals surface area contributed by atoms with Gasteiger partial charge in [0.15, 0.2) is 0 Å². The Balaban J connectivity index is 3.73. The van der Waals surface area contributed by atoms with Crippen LogP contribution in [0.4, 0.5) is 58.9 Å². The first-order valence-electron chi connectivity index (χ1n) is 9.78. The summed E-state index contributed by atoms with van der Waals surface area (Å²) in [4.78, 5) is -3.61. The lowest BCUT2D eigenvalue weighted by Crippen LogP contribution is -2.34. The van der Waals surface area contributed by atoms with Crippen molar-refractivity contribution in [2.24, 2.45) is 0 Å². The molecule has 220 valence electrons. The van der Waals surface area contributed by atoms with Gasteiger partial charge in [-0.1, -0.05) is 19.4 Å². The van der Waals surface area contributed by atoms with E-state index in [0.29, 0.717) is 30.3 Å². The van der Waals surface area contributed by atoms with Gasteiger partial charge in [-0.2, -0.15) is 65.8 Å². The fourth-order valence-corrected chi connectivity index (χ4v) is 4.51. The maximum absolute atomic E-state index is 14.2. The minimum absolute atomic E-state index is 0.423. The van der Waals surface area contributed by atoms with Crippen LogP contribution in [0.1, 0.15) is 33.4 Å². The van der Waals surface area contributed by atoms with Crippen molar-refractivity contribution in [1.29, 1.82) is 26.3 Å². The number of nitrogens with zero attached hydrogens (tertiary/aromatic N) is 5. The first kappa shape index (κ1) is 33.2. The summed E-state index contributed by atoms with van der Waals surface area (Å²) < 4.78 is 194. The van der Waals surface area contributed by atoms with Crippen molar-refractivity contribution in [3.8, 4) is 30.3 Å². The van der Waals surface area contributed by atoms with E-state index >= 15 is 0 Å². The van der Waals surface area contributed by atoms with E-state index in [0.717, 1.165) is 0 Å². The van der Waals surface area contributed by atoms with Crippen molar-refractivity contribution < 1.29 is 58.9 Å². The lowest BCUT2D eigenvalue weighted by molar-refractivity contribution is -0.143. The van der Waals surface area contributed by atoms with Crippen molar-refractivity contribution in [3.63, 3.8) is 0 Å². The number of alkyl halides is 9. The van der Waals surface area contributed by atoms with Crippen LogP contribution in [-0.2, 0) is 18.5 Å². The van der Waals surface area contributed by atoms with Gasteiger partial charge in [0.05, 0.1) is 33.4 Å². The molecule has 0 aliphatic rings. The maximum Gasteiger partial charge on any atom is 0.418 e. The SMILES string of the molecule is N#CC(C#N)=c1cc(S(F)(F)(F)(F)F)/c(=C(/C#N)c2cc(C(F)(F)F)c(C#N)c(C(F)(F)F)c2)c(C#N)c1C(F)(F)F. The lowest BCUT2D eigenvalue weighted by Gasteiger charge is -2.41. The molecule has 5 nitrogen and oxygen atoms in total. The van der Waals surface area contributed by atoms with Crippen molar-refractivity contribution >= 4 is 21.4 Å². The number of hydrogen-bond donors (Lipinski definition) is 0. The van der Waals surface area contributed by atoms with Crippen LogP contribution < -0.4 is 10.4 Å². The molecule has 0 saturated heterocycles. The second-order valence-electron chi connectivity index (χ2n) is 7.76. The molecule has 0 amide bonds. The van der Waals surface area contributed by atoms with Crippen LogP contribution in [0.3, 0.4) is 0 Å². The van der Waals surface area contributed by atoms with E-state index in [2.05, 4.69) is 0 Å². The molecule has 0 heterocycles. The lowest BCUT2D eigenvalue weighted by atomic mass is 9.91. The fourth-order valence-electron chi connectivity index (χ4n) is 3.58. The summed E-state index contributed by atoms with van der Waals surface area (Å²) in [5.74, 6) is 0. The predicted molar refractivity (Wildman–Crippen MR) is 111 cm³/mol. The van der Waals surface area contributed by atoms with Crippen LogP contribution in [0.5, 0.6) is 0 Å². The van der Waals surface area contributed by atoms with Gasteiger partial charge in [-0.25, -0.2) is 0 Å². The first-order valence-corrected chi connectivity index (χ1v) is 11.7. The molecule has 0 atom stereocenters. The standard InChI is InChI=1S/C22H3F14N5S/c23-20(24,25)15-1-9(2-16(13(15)7-40)21(26,27)28)12(6-39)18-14(8-41)19(22(29,30)31)11(10(4-37)5-38)3-17(18)42(32,33,34,35)36/h1-3H/b18-12-. The van der Waals surface area contributed by atoms with E-state index in [1.807, 2.05) is 0 Å².